The van der Waals surface area contributed by atoms with Crippen LogP contribution in [0.2, 0.25) is 0 Å². The van der Waals surface area contributed by atoms with E-state index in [1.165, 1.54) is 4.57 Å². The van der Waals surface area contributed by atoms with Crippen LogP contribution in [-0.4, -0.2) is 4.57 Å². The number of nitrogens with zero attached hydrogens (tertiary/aromatic N) is 2. The summed E-state index contributed by atoms with van der Waals surface area (Å²) in [7, 11) is 0. The van der Waals surface area contributed by atoms with Gasteiger partial charge in [0, 0.05) is 5.69 Å². The van der Waals surface area contributed by atoms with E-state index in [-0.39, 0.29) is 12.2 Å². The van der Waals surface area contributed by atoms with Crippen molar-refractivity contribution >= 4 is 5.69 Å². The molecule has 0 aliphatic heterocycles. The van der Waals surface area contributed by atoms with Crippen molar-refractivity contribution in [1.29, 1.82) is 0 Å². The molecular formula is C21H15F3N2O. The molecule has 1 aromatic heterocycles. The smallest absolute Gasteiger partial charge is 0.313 e. The zero-order valence-electron chi connectivity index (χ0n) is 14.4. The second-order valence-corrected chi connectivity index (χ2v) is 6.09. The van der Waals surface area contributed by atoms with Crippen molar-refractivity contribution in [3.8, 4) is 11.3 Å². The van der Waals surface area contributed by atoms with Crippen molar-refractivity contribution in [2.24, 2.45) is 0 Å². The molecule has 0 amide bonds. The van der Waals surface area contributed by atoms with Gasteiger partial charge in [-0.05, 0) is 29.7 Å². The normalized spacial score (nSPS) is 11.2. The molecule has 0 atom stereocenters. The van der Waals surface area contributed by atoms with Crippen LogP contribution >= 0.6 is 0 Å². The fourth-order valence-corrected chi connectivity index (χ4v) is 2.92. The van der Waals surface area contributed by atoms with Gasteiger partial charge in [-0.1, -0.05) is 54.6 Å². The van der Waals surface area contributed by atoms with E-state index < -0.39 is 23.0 Å². The molecule has 2 aromatic carbocycles. The van der Waals surface area contributed by atoms with Crippen LogP contribution in [-0.2, 0) is 12.7 Å². The number of benzene rings is 2. The van der Waals surface area contributed by atoms with Gasteiger partial charge in [0.05, 0.1) is 18.7 Å². The van der Waals surface area contributed by atoms with Crippen LogP contribution in [0.4, 0.5) is 18.9 Å². The van der Waals surface area contributed by atoms with E-state index in [0.29, 0.717) is 5.56 Å². The molecular weight excluding hydrogens is 353 g/mol. The monoisotopic (exact) mass is 368 g/mol. The van der Waals surface area contributed by atoms with E-state index in [2.05, 4.69) is 4.85 Å². The Balaban J connectivity index is 2.33. The van der Waals surface area contributed by atoms with Gasteiger partial charge in [0.25, 0.3) is 11.2 Å². The number of hydrogen-bond acceptors (Lipinski definition) is 1. The van der Waals surface area contributed by atoms with Crippen molar-refractivity contribution in [2.75, 3.05) is 0 Å². The second kappa shape index (κ2) is 7.12. The molecule has 0 spiro atoms. The number of aryl methyl sites for hydroxylation is 1. The summed E-state index contributed by atoms with van der Waals surface area (Å²) in [5.41, 5.74) is -0.742. The SMILES string of the molecule is [C-]#[N+]c1c(C(F)(F)F)cc(-c2ccccc2)n(Cc2ccccc2C)c1=O. The van der Waals surface area contributed by atoms with Crippen LogP contribution in [0.3, 0.4) is 0 Å². The Morgan fingerprint density at radius 2 is 1.67 bits per heavy atom. The van der Waals surface area contributed by atoms with E-state index in [1.54, 1.807) is 36.4 Å². The molecule has 0 radical (unpaired) electrons. The maximum Gasteiger partial charge on any atom is 0.407 e. The summed E-state index contributed by atoms with van der Waals surface area (Å²) in [5.74, 6) is 0. The van der Waals surface area contributed by atoms with Crippen LogP contribution in [0.15, 0.2) is 65.5 Å². The van der Waals surface area contributed by atoms with Crippen molar-refractivity contribution in [3.63, 3.8) is 0 Å². The molecule has 0 aliphatic rings. The molecule has 27 heavy (non-hydrogen) atoms. The molecule has 0 saturated carbocycles. The molecule has 3 aromatic rings. The molecule has 0 fully saturated rings. The quantitative estimate of drug-likeness (QED) is 0.565. The van der Waals surface area contributed by atoms with Gasteiger partial charge in [0.15, 0.2) is 0 Å². The number of aromatic nitrogens is 1. The second-order valence-electron chi connectivity index (χ2n) is 6.09. The lowest BCUT2D eigenvalue weighted by molar-refractivity contribution is -0.136. The summed E-state index contributed by atoms with van der Waals surface area (Å²) in [6.45, 7) is 9.05. The Hall–Kier alpha value is -3.33. The summed E-state index contributed by atoms with van der Waals surface area (Å²) in [6, 6.07) is 16.6. The van der Waals surface area contributed by atoms with Gasteiger partial charge >= 0.3 is 6.18 Å². The molecule has 0 saturated heterocycles. The highest BCUT2D eigenvalue weighted by molar-refractivity contribution is 5.66. The first kappa shape index (κ1) is 18.5. The van der Waals surface area contributed by atoms with E-state index in [4.69, 9.17) is 6.57 Å². The Kier molecular flexibility index (Phi) is 4.87. The number of halogens is 3. The van der Waals surface area contributed by atoms with Gasteiger partial charge in [-0.25, -0.2) is 4.85 Å². The largest absolute Gasteiger partial charge is 0.407 e. The molecule has 136 valence electrons. The Labute approximate surface area is 154 Å². The highest BCUT2D eigenvalue weighted by Crippen LogP contribution is 2.37. The molecule has 1 heterocycles. The van der Waals surface area contributed by atoms with E-state index in [1.807, 2.05) is 25.1 Å². The van der Waals surface area contributed by atoms with E-state index >= 15 is 0 Å². The van der Waals surface area contributed by atoms with Crippen LogP contribution in [0.25, 0.3) is 16.1 Å². The minimum Gasteiger partial charge on any atom is -0.313 e. The van der Waals surface area contributed by atoms with Crippen molar-refractivity contribution in [2.45, 2.75) is 19.6 Å². The Morgan fingerprint density at radius 1 is 1.04 bits per heavy atom. The predicted octanol–water partition coefficient (Wildman–Crippen LogP) is 5.44. The maximum absolute atomic E-state index is 13.4. The van der Waals surface area contributed by atoms with Crippen molar-refractivity contribution in [1.82, 2.24) is 4.57 Å². The molecule has 3 rings (SSSR count). The number of pyridine rings is 1. The zero-order valence-corrected chi connectivity index (χ0v) is 14.4. The third kappa shape index (κ3) is 3.63. The van der Waals surface area contributed by atoms with Crippen LogP contribution in [0, 0.1) is 13.5 Å². The first-order valence-corrected chi connectivity index (χ1v) is 8.15. The number of rotatable bonds is 3. The topological polar surface area (TPSA) is 26.4 Å². The third-order valence-electron chi connectivity index (χ3n) is 4.35. The maximum atomic E-state index is 13.4. The summed E-state index contributed by atoms with van der Waals surface area (Å²) >= 11 is 0. The molecule has 3 nitrogen and oxygen atoms in total. The van der Waals surface area contributed by atoms with Gasteiger partial charge in [-0.15, -0.1) is 0 Å². The van der Waals surface area contributed by atoms with Gasteiger partial charge in [-0.2, -0.15) is 13.2 Å². The van der Waals surface area contributed by atoms with Gasteiger partial charge in [0.2, 0.25) is 0 Å². The summed E-state index contributed by atoms with van der Waals surface area (Å²) in [6.07, 6.45) is -4.79. The highest BCUT2D eigenvalue weighted by atomic mass is 19.4. The molecule has 6 heteroatoms. The van der Waals surface area contributed by atoms with Crippen LogP contribution < -0.4 is 5.56 Å². The summed E-state index contributed by atoms with van der Waals surface area (Å²) < 4.78 is 41.6. The van der Waals surface area contributed by atoms with Crippen molar-refractivity contribution < 1.29 is 13.2 Å². The lowest BCUT2D eigenvalue weighted by atomic mass is 10.0. The Morgan fingerprint density at radius 3 is 2.26 bits per heavy atom. The highest BCUT2D eigenvalue weighted by Gasteiger charge is 2.36. The first-order chi connectivity index (χ1) is 12.8. The number of alkyl halides is 3. The van der Waals surface area contributed by atoms with Crippen LogP contribution in [0.5, 0.6) is 0 Å². The lowest BCUT2D eigenvalue weighted by Crippen LogP contribution is -2.25. The molecule has 0 aliphatic carbocycles. The molecule has 0 N–H and O–H groups in total. The fourth-order valence-electron chi connectivity index (χ4n) is 2.92. The molecule has 0 bridgehead atoms. The van der Waals surface area contributed by atoms with Gasteiger partial charge in [0.1, 0.15) is 0 Å². The Bertz CT molecular complexity index is 1080. The van der Waals surface area contributed by atoms with E-state index in [0.717, 1.165) is 17.2 Å². The van der Waals surface area contributed by atoms with Gasteiger partial charge in [-0.3, -0.25) is 4.79 Å². The minimum atomic E-state index is -4.79. The zero-order chi connectivity index (χ0) is 19.6. The minimum absolute atomic E-state index is 0.0798. The van der Waals surface area contributed by atoms with E-state index in [9.17, 15) is 18.0 Å². The van der Waals surface area contributed by atoms with Crippen LogP contribution in [0.1, 0.15) is 16.7 Å². The number of hydrogen-bond donors (Lipinski definition) is 0. The van der Waals surface area contributed by atoms with Gasteiger partial charge < -0.3 is 4.57 Å². The standard InChI is InChI=1S/C21H15F3N2O/c1-14-8-6-7-11-16(14)13-26-18(15-9-4-3-5-10-15)12-17(21(22,23)24)19(25-2)20(26)27/h3-12H,13H2,1H3. The average Bonchev–Trinajstić information content (AvgIpc) is 2.64. The average molecular weight is 368 g/mol. The first-order valence-electron chi connectivity index (χ1n) is 8.15. The molecule has 0 unspecified atom stereocenters. The van der Waals surface area contributed by atoms with Crippen molar-refractivity contribution in [3.05, 3.63) is 99.1 Å². The summed E-state index contributed by atoms with van der Waals surface area (Å²) in [5, 5.41) is 0. The third-order valence-corrected chi connectivity index (χ3v) is 4.35. The lowest BCUT2D eigenvalue weighted by Gasteiger charge is -2.18. The fraction of sp³-hybridized carbons (Fsp3) is 0.143. The predicted molar refractivity (Wildman–Crippen MR) is 97.7 cm³/mol. The summed E-state index contributed by atoms with van der Waals surface area (Å²) in [4.78, 5) is 15.7.